The maximum Gasteiger partial charge on any atom is 0.269 e. The van der Waals surface area contributed by atoms with Gasteiger partial charge in [-0.25, -0.2) is 0 Å². The van der Waals surface area contributed by atoms with Gasteiger partial charge in [0.05, 0.1) is 0 Å². The van der Waals surface area contributed by atoms with Crippen LogP contribution in [0.25, 0.3) is 0 Å². The minimum absolute atomic E-state index is 0.0227. The second-order valence-corrected chi connectivity index (χ2v) is 7.84. The quantitative estimate of drug-likeness (QED) is 0.586. The molecule has 0 unspecified atom stereocenters. The Morgan fingerprint density at radius 1 is 1.06 bits per heavy atom. The Balaban J connectivity index is 1.35. The van der Waals surface area contributed by atoms with Gasteiger partial charge in [0.2, 0.25) is 12.7 Å². The molecule has 0 atom stereocenters. The van der Waals surface area contributed by atoms with Crippen molar-refractivity contribution < 1.29 is 19.1 Å². The first-order chi connectivity index (χ1) is 16.4. The van der Waals surface area contributed by atoms with Crippen LogP contribution in [0.2, 0.25) is 0 Å². The van der Waals surface area contributed by atoms with Crippen molar-refractivity contribution in [2.75, 3.05) is 12.1 Å². The third-order valence-corrected chi connectivity index (χ3v) is 5.44. The first-order valence-corrected chi connectivity index (χ1v) is 10.5. The highest BCUT2D eigenvalue weighted by atomic mass is 16.7. The Kier molecular flexibility index (Phi) is 6.32. The lowest BCUT2D eigenvalue weighted by Gasteiger charge is -2.12. The normalized spacial score (nSPS) is 11.6. The molecular weight excluding hydrogens is 436 g/mol. The summed E-state index contributed by atoms with van der Waals surface area (Å²) < 4.78 is 11.9. The van der Waals surface area contributed by atoms with Gasteiger partial charge in [0, 0.05) is 23.5 Å². The first-order valence-electron chi connectivity index (χ1n) is 10.5. The lowest BCUT2D eigenvalue weighted by Crippen LogP contribution is -2.31. The number of hydrogen-bond donors (Lipinski definition) is 2. The fraction of sp³-hybridized carbons (Fsp3) is 0.200. The van der Waals surface area contributed by atoms with Crippen molar-refractivity contribution >= 4 is 17.5 Å². The second-order valence-electron chi connectivity index (χ2n) is 7.84. The molecule has 0 spiro atoms. The standard InChI is InChI=1S/C25H22N4O5/c1-15-9-16(2)29(25(32)20(15)11-26)13-23(30)28-19-6-4-18(5-7-19)24(31)27-12-17-3-8-21-22(10-17)34-14-33-21/h3-10H,12-14H2,1-2H3,(H,27,31)(H,28,30). The van der Waals surface area contributed by atoms with Crippen LogP contribution in [0.4, 0.5) is 5.69 Å². The summed E-state index contributed by atoms with van der Waals surface area (Å²) in [5, 5.41) is 14.7. The van der Waals surface area contributed by atoms with Crippen LogP contribution in [0.1, 0.15) is 32.7 Å². The minimum Gasteiger partial charge on any atom is -0.454 e. The fourth-order valence-corrected chi connectivity index (χ4v) is 3.64. The van der Waals surface area contributed by atoms with Crippen molar-refractivity contribution in [3.63, 3.8) is 0 Å². The fourth-order valence-electron chi connectivity index (χ4n) is 3.64. The largest absolute Gasteiger partial charge is 0.454 e. The number of nitrogens with zero attached hydrogens (tertiary/aromatic N) is 2. The van der Waals surface area contributed by atoms with Crippen molar-refractivity contribution in [3.05, 3.63) is 86.8 Å². The maximum absolute atomic E-state index is 12.5. The zero-order chi connectivity index (χ0) is 24.2. The van der Waals surface area contributed by atoms with E-state index in [1.54, 1.807) is 50.2 Å². The van der Waals surface area contributed by atoms with Gasteiger partial charge in [0.15, 0.2) is 11.5 Å². The number of nitrogens with one attached hydrogen (secondary N) is 2. The molecule has 1 aromatic heterocycles. The highest BCUT2D eigenvalue weighted by Gasteiger charge is 2.15. The zero-order valence-corrected chi connectivity index (χ0v) is 18.7. The molecule has 0 aliphatic carbocycles. The van der Waals surface area contributed by atoms with Crippen LogP contribution >= 0.6 is 0 Å². The molecule has 2 amide bonds. The predicted molar refractivity (Wildman–Crippen MR) is 124 cm³/mol. The molecule has 9 nitrogen and oxygen atoms in total. The Labute approximate surface area is 195 Å². The number of pyridine rings is 1. The lowest BCUT2D eigenvalue weighted by atomic mass is 10.1. The summed E-state index contributed by atoms with van der Waals surface area (Å²) in [4.78, 5) is 37.4. The summed E-state index contributed by atoms with van der Waals surface area (Å²) in [5.74, 6) is 0.652. The monoisotopic (exact) mass is 458 g/mol. The third kappa shape index (κ3) is 4.76. The molecular formula is C25H22N4O5. The lowest BCUT2D eigenvalue weighted by molar-refractivity contribution is -0.116. The number of aromatic nitrogens is 1. The summed E-state index contributed by atoms with van der Waals surface area (Å²) in [7, 11) is 0. The van der Waals surface area contributed by atoms with Crippen LogP contribution in [0.3, 0.4) is 0 Å². The molecule has 2 heterocycles. The molecule has 1 aliphatic rings. The first kappa shape index (κ1) is 22.6. The van der Waals surface area contributed by atoms with Gasteiger partial charge in [-0.3, -0.25) is 14.4 Å². The van der Waals surface area contributed by atoms with Gasteiger partial charge in [0.1, 0.15) is 18.2 Å². The van der Waals surface area contributed by atoms with E-state index in [4.69, 9.17) is 9.47 Å². The van der Waals surface area contributed by atoms with E-state index in [0.29, 0.717) is 40.6 Å². The number of benzene rings is 2. The highest BCUT2D eigenvalue weighted by molar-refractivity contribution is 5.95. The van der Waals surface area contributed by atoms with Gasteiger partial charge in [0.25, 0.3) is 11.5 Å². The van der Waals surface area contributed by atoms with E-state index in [2.05, 4.69) is 10.6 Å². The van der Waals surface area contributed by atoms with Gasteiger partial charge in [-0.05, 0) is 67.4 Å². The number of hydrogen-bond acceptors (Lipinski definition) is 6. The third-order valence-electron chi connectivity index (χ3n) is 5.44. The Morgan fingerprint density at radius 2 is 1.79 bits per heavy atom. The van der Waals surface area contributed by atoms with E-state index in [9.17, 15) is 19.6 Å². The van der Waals surface area contributed by atoms with Crippen molar-refractivity contribution in [1.82, 2.24) is 9.88 Å². The number of rotatable bonds is 6. The molecule has 0 saturated carbocycles. The van der Waals surface area contributed by atoms with Gasteiger partial charge in [-0.15, -0.1) is 0 Å². The Hall–Kier alpha value is -4.58. The Bertz CT molecular complexity index is 1370. The molecule has 9 heteroatoms. The SMILES string of the molecule is Cc1cc(C)n(CC(=O)Nc2ccc(C(=O)NCc3ccc4c(c3)OCO4)cc2)c(=O)c1C#N. The van der Waals surface area contributed by atoms with Gasteiger partial charge in [-0.2, -0.15) is 5.26 Å². The number of ether oxygens (including phenoxy) is 2. The van der Waals surface area contributed by atoms with Gasteiger partial charge in [-0.1, -0.05) is 6.07 Å². The second kappa shape index (κ2) is 9.50. The predicted octanol–water partition coefficient (Wildman–Crippen LogP) is 2.63. The average Bonchev–Trinajstić information content (AvgIpc) is 3.29. The van der Waals surface area contributed by atoms with Crippen LogP contribution < -0.4 is 25.7 Å². The molecule has 172 valence electrons. The maximum atomic E-state index is 12.5. The van der Waals surface area contributed by atoms with E-state index in [-0.39, 0.29) is 24.8 Å². The number of amides is 2. The van der Waals surface area contributed by atoms with Gasteiger partial charge >= 0.3 is 0 Å². The minimum atomic E-state index is -0.496. The summed E-state index contributed by atoms with van der Waals surface area (Å²) in [6.07, 6.45) is 0. The number of aryl methyl sites for hydroxylation is 2. The summed E-state index contributed by atoms with van der Waals surface area (Å²) >= 11 is 0. The molecule has 0 saturated heterocycles. The number of nitriles is 1. The average molecular weight is 458 g/mol. The van der Waals surface area contributed by atoms with Crippen LogP contribution in [-0.2, 0) is 17.9 Å². The Morgan fingerprint density at radius 3 is 2.53 bits per heavy atom. The smallest absolute Gasteiger partial charge is 0.269 e. The van der Waals surface area contributed by atoms with Gasteiger partial charge < -0.3 is 24.7 Å². The summed E-state index contributed by atoms with van der Waals surface area (Å²) in [6.45, 7) is 3.68. The van der Waals surface area contributed by atoms with Crippen molar-refractivity contribution in [3.8, 4) is 17.6 Å². The molecule has 0 fully saturated rings. The number of fused-ring (bicyclic) bond motifs is 1. The summed E-state index contributed by atoms with van der Waals surface area (Å²) in [5.41, 5.74) is 2.49. The molecule has 0 radical (unpaired) electrons. The van der Waals surface area contributed by atoms with Crippen LogP contribution in [0, 0.1) is 25.2 Å². The molecule has 3 aromatic rings. The number of carbonyl (C=O) groups is 2. The van der Waals surface area contributed by atoms with E-state index in [1.165, 1.54) is 4.57 Å². The van der Waals surface area contributed by atoms with Crippen LogP contribution in [0.15, 0.2) is 53.3 Å². The number of anilines is 1. The van der Waals surface area contributed by atoms with E-state index in [0.717, 1.165) is 5.56 Å². The van der Waals surface area contributed by atoms with E-state index >= 15 is 0 Å². The number of carbonyl (C=O) groups excluding carboxylic acids is 2. The molecule has 2 N–H and O–H groups in total. The molecule has 0 bridgehead atoms. The topological polar surface area (TPSA) is 122 Å². The summed E-state index contributed by atoms with van der Waals surface area (Å²) in [6, 6.07) is 15.5. The highest BCUT2D eigenvalue weighted by Crippen LogP contribution is 2.32. The van der Waals surface area contributed by atoms with E-state index in [1.807, 2.05) is 18.2 Å². The van der Waals surface area contributed by atoms with Crippen molar-refractivity contribution in [2.45, 2.75) is 26.9 Å². The molecule has 1 aliphatic heterocycles. The van der Waals surface area contributed by atoms with Crippen LogP contribution in [0.5, 0.6) is 11.5 Å². The van der Waals surface area contributed by atoms with Crippen molar-refractivity contribution in [1.29, 1.82) is 5.26 Å². The molecule has 4 rings (SSSR count). The van der Waals surface area contributed by atoms with E-state index < -0.39 is 11.5 Å². The molecule has 2 aromatic carbocycles. The molecule has 34 heavy (non-hydrogen) atoms. The van der Waals surface area contributed by atoms with Crippen molar-refractivity contribution in [2.24, 2.45) is 0 Å². The van der Waals surface area contributed by atoms with Crippen LogP contribution in [-0.4, -0.2) is 23.2 Å². The zero-order valence-electron chi connectivity index (χ0n) is 18.7.